The number of aromatic nitrogens is 1. The van der Waals surface area contributed by atoms with Crippen molar-refractivity contribution < 1.29 is 14.3 Å². The summed E-state index contributed by atoms with van der Waals surface area (Å²) in [6, 6.07) is 16.3. The van der Waals surface area contributed by atoms with Gasteiger partial charge in [-0.2, -0.15) is 0 Å². The number of carbonyl (C=O) groups is 1. The van der Waals surface area contributed by atoms with Crippen LogP contribution in [0.25, 0.3) is 10.9 Å². The average Bonchev–Trinajstić information content (AvgIpc) is 3.13. The van der Waals surface area contributed by atoms with Crippen LogP contribution in [0.4, 0.5) is 0 Å². The topological polar surface area (TPSA) is 52.5 Å². The van der Waals surface area contributed by atoms with E-state index in [1.165, 1.54) is 22.7 Å². The van der Waals surface area contributed by atoms with Gasteiger partial charge in [0.05, 0.1) is 5.75 Å². The van der Waals surface area contributed by atoms with E-state index >= 15 is 0 Å². The second-order valence-electron chi connectivity index (χ2n) is 6.37. The Balaban J connectivity index is 1.20. The van der Waals surface area contributed by atoms with Gasteiger partial charge in [0.2, 0.25) is 5.91 Å². The van der Waals surface area contributed by atoms with Gasteiger partial charge in [-0.05, 0) is 42.1 Å². The number of amides is 1. The molecule has 0 atom stereocenters. The van der Waals surface area contributed by atoms with Crippen molar-refractivity contribution in [2.75, 3.05) is 25.5 Å². The number of hydrogen-bond acceptors (Lipinski definition) is 4. The summed E-state index contributed by atoms with van der Waals surface area (Å²) >= 11 is 1.51. The third-order valence-corrected chi connectivity index (χ3v) is 5.46. The van der Waals surface area contributed by atoms with Gasteiger partial charge < -0.3 is 19.4 Å². The van der Waals surface area contributed by atoms with Crippen LogP contribution in [-0.4, -0.2) is 36.0 Å². The van der Waals surface area contributed by atoms with Crippen molar-refractivity contribution in [1.29, 1.82) is 0 Å². The van der Waals surface area contributed by atoms with Gasteiger partial charge in [0.15, 0.2) is 11.5 Å². The number of nitrogens with one attached hydrogen (secondary N) is 1. The highest BCUT2D eigenvalue weighted by Gasteiger charge is 2.12. The SMILES string of the molecule is O=C(CSc1ccc2c(c1)OCCO2)NCCCn1ccc2ccccc21. The number of rotatable bonds is 7. The summed E-state index contributed by atoms with van der Waals surface area (Å²) in [6.45, 7) is 2.72. The first-order valence-corrected chi connectivity index (χ1v) is 10.1. The van der Waals surface area contributed by atoms with Gasteiger partial charge in [-0.25, -0.2) is 0 Å². The molecule has 4 rings (SSSR count). The smallest absolute Gasteiger partial charge is 0.230 e. The van der Waals surface area contributed by atoms with Crippen LogP contribution in [0.5, 0.6) is 11.5 Å². The average molecular weight is 382 g/mol. The van der Waals surface area contributed by atoms with Crippen LogP contribution in [0.1, 0.15) is 6.42 Å². The molecule has 1 aliphatic rings. The first-order valence-electron chi connectivity index (χ1n) is 9.13. The van der Waals surface area contributed by atoms with Crippen LogP contribution in [-0.2, 0) is 11.3 Å². The Hall–Kier alpha value is -2.60. The van der Waals surface area contributed by atoms with Crippen molar-refractivity contribution in [3.05, 3.63) is 54.7 Å². The van der Waals surface area contributed by atoms with Crippen molar-refractivity contribution >= 4 is 28.6 Å². The number of aryl methyl sites for hydroxylation is 1. The highest BCUT2D eigenvalue weighted by Crippen LogP contribution is 2.34. The number of para-hydroxylation sites is 1. The summed E-state index contributed by atoms with van der Waals surface area (Å²) in [5.41, 5.74) is 1.23. The number of hydrogen-bond donors (Lipinski definition) is 1. The van der Waals surface area contributed by atoms with Crippen LogP contribution in [0.2, 0.25) is 0 Å². The van der Waals surface area contributed by atoms with Crippen molar-refractivity contribution in [3.8, 4) is 11.5 Å². The molecule has 0 aliphatic carbocycles. The zero-order valence-electron chi connectivity index (χ0n) is 15.0. The molecule has 0 spiro atoms. The van der Waals surface area contributed by atoms with Gasteiger partial charge in [0, 0.05) is 29.7 Å². The van der Waals surface area contributed by atoms with E-state index in [0.29, 0.717) is 25.5 Å². The second-order valence-corrected chi connectivity index (χ2v) is 7.41. The molecule has 6 heteroatoms. The maximum Gasteiger partial charge on any atom is 0.230 e. The Morgan fingerprint density at radius 1 is 1.07 bits per heavy atom. The van der Waals surface area contributed by atoms with Gasteiger partial charge in [-0.15, -0.1) is 11.8 Å². The molecule has 0 fully saturated rings. The van der Waals surface area contributed by atoms with E-state index in [1.54, 1.807) is 0 Å². The highest BCUT2D eigenvalue weighted by atomic mass is 32.2. The Labute approximate surface area is 162 Å². The minimum Gasteiger partial charge on any atom is -0.486 e. The minimum atomic E-state index is 0.0484. The Bertz CT molecular complexity index is 938. The van der Waals surface area contributed by atoms with E-state index in [2.05, 4.69) is 40.3 Å². The molecule has 0 bridgehead atoms. The number of carbonyl (C=O) groups excluding carboxylic acids is 1. The molecule has 0 saturated carbocycles. The third-order valence-electron chi connectivity index (χ3n) is 4.46. The Morgan fingerprint density at radius 3 is 2.85 bits per heavy atom. The number of fused-ring (bicyclic) bond motifs is 2. The zero-order chi connectivity index (χ0) is 18.5. The number of benzene rings is 2. The first-order chi connectivity index (χ1) is 13.3. The molecule has 2 heterocycles. The Morgan fingerprint density at radius 2 is 1.93 bits per heavy atom. The van der Waals surface area contributed by atoms with E-state index in [4.69, 9.17) is 9.47 Å². The highest BCUT2D eigenvalue weighted by molar-refractivity contribution is 8.00. The number of ether oxygens (including phenoxy) is 2. The van der Waals surface area contributed by atoms with Gasteiger partial charge >= 0.3 is 0 Å². The fourth-order valence-electron chi connectivity index (χ4n) is 3.13. The van der Waals surface area contributed by atoms with E-state index in [0.717, 1.165) is 29.4 Å². The van der Waals surface area contributed by atoms with Crippen molar-refractivity contribution in [3.63, 3.8) is 0 Å². The standard InChI is InChI=1S/C21H22N2O3S/c24-21(15-27-17-6-7-19-20(14-17)26-13-12-25-19)22-9-3-10-23-11-8-16-4-1-2-5-18(16)23/h1-2,4-8,11,14H,3,9-10,12-13,15H2,(H,22,24). The number of nitrogens with zero attached hydrogens (tertiary/aromatic N) is 1. The van der Waals surface area contributed by atoms with Gasteiger partial charge in [-0.3, -0.25) is 4.79 Å². The molecule has 2 aromatic carbocycles. The molecule has 1 aliphatic heterocycles. The predicted octanol–water partition coefficient (Wildman–Crippen LogP) is 3.71. The summed E-state index contributed by atoms with van der Waals surface area (Å²) in [6.07, 6.45) is 3.00. The lowest BCUT2D eigenvalue weighted by molar-refractivity contribution is -0.118. The van der Waals surface area contributed by atoms with E-state index in [1.807, 2.05) is 24.3 Å². The summed E-state index contributed by atoms with van der Waals surface area (Å²) in [5.74, 6) is 1.97. The molecule has 27 heavy (non-hydrogen) atoms. The molecule has 0 radical (unpaired) electrons. The molecule has 3 aromatic rings. The van der Waals surface area contributed by atoms with Crippen molar-refractivity contribution in [2.45, 2.75) is 17.9 Å². The van der Waals surface area contributed by atoms with Crippen LogP contribution in [0, 0.1) is 0 Å². The second kappa shape index (κ2) is 8.39. The van der Waals surface area contributed by atoms with E-state index in [-0.39, 0.29) is 5.91 Å². The van der Waals surface area contributed by atoms with Crippen LogP contribution in [0.15, 0.2) is 59.6 Å². The lowest BCUT2D eigenvalue weighted by Crippen LogP contribution is -2.26. The van der Waals surface area contributed by atoms with Crippen LogP contribution < -0.4 is 14.8 Å². The lowest BCUT2D eigenvalue weighted by Gasteiger charge is -2.18. The molecule has 5 nitrogen and oxygen atoms in total. The summed E-state index contributed by atoms with van der Waals surface area (Å²) < 4.78 is 13.3. The van der Waals surface area contributed by atoms with Crippen LogP contribution in [0.3, 0.4) is 0 Å². The Kier molecular flexibility index (Phi) is 5.53. The largest absolute Gasteiger partial charge is 0.486 e. The fraction of sp³-hybridized carbons (Fsp3) is 0.286. The normalized spacial score (nSPS) is 12.9. The number of thioether (sulfide) groups is 1. The van der Waals surface area contributed by atoms with Gasteiger partial charge in [0.25, 0.3) is 0 Å². The molecule has 0 unspecified atom stereocenters. The quantitative estimate of drug-likeness (QED) is 0.500. The molecular weight excluding hydrogens is 360 g/mol. The maximum atomic E-state index is 12.1. The monoisotopic (exact) mass is 382 g/mol. The predicted molar refractivity (Wildman–Crippen MR) is 108 cm³/mol. The van der Waals surface area contributed by atoms with Gasteiger partial charge in [0.1, 0.15) is 13.2 Å². The minimum absolute atomic E-state index is 0.0484. The third kappa shape index (κ3) is 4.39. The van der Waals surface area contributed by atoms with Crippen LogP contribution >= 0.6 is 11.8 Å². The summed E-state index contributed by atoms with van der Waals surface area (Å²) in [7, 11) is 0. The van der Waals surface area contributed by atoms with Crippen molar-refractivity contribution in [2.24, 2.45) is 0 Å². The molecule has 0 saturated heterocycles. The molecule has 1 aromatic heterocycles. The molecule has 140 valence electrons. The van der Waals surface area contributed by atoms with E-state index < -0.39 is 0 Å². The maximum absolute atomic E-state index is 12.1. The molecular formula is C21H22N2O3S. The van der Waals surface area contributed by atoms with Crippen molar-refractivity contribution in [1.82, 2.24) is 9.88 Å². The first kappa shape index (κ1) is 17.8. The summed E-state index contributed by atoms with van der Waals surface area (Å²) in [4.78, 5) is 13.1. The van der Waals surface area contributed by atoms with E-state index in [9.17, 15) is 4.79 Å². The summed E-state index contributed by atoms with van der Waals surface area (Å²) in [5, 5.41) is 4.24. The molecule has 1 amide bonds. The zero-order valence-corrected chi connectivity index (χ0v) is 15.8. The fourth-order valence-corrected chi connectivity index (χ4v) is 3.88. The lowest BCUT2D eigenvalue weighted by atomic mass is 10.2. The molecule has 1 N–H and O–H groups in total. The van der Waals surface area contributed by atoms with Gasteiger partial charge in [-0.1, -0.05) is 18.2 Å².